The predicted octanol–water partition coefficient (Wildman–Crippen LogP) is 2.46. The Labute approximate surface area is 132 Å². The number of ether oxygens (including phenoxy) is 3. The number of carbonyl (C=O) groups excluding carboxylic acids is 1. The van der Waals surface area contributed by atoms with E-state index in [2.05, 4.69) is 0 Å². The number of carbonyl (C=O) groups is 1. The number of allylic oxidation sites excluding steroid dienone is 1. The van der Waals surface area contributed by atoms with Crippen molar-refractivity contribution in [3.05, 3.63) is 11.5 Å². The Morgan fingerprint density at radius 2 is 1.91 bits per heavy atom. The van der Waals surface area contributed by atoms with Crippen LogP contribution in [0.3, 0.4) is 0 Å². The largest absolute Gasteiger partial charge is 0.491 e. The summed E-state index contributed by atoms with van der Waals surface area (Å²) in [6.45, 7) is 4.71. The number of hydrogen-bond acceptors (Lipinski definition) is 4. The van der Waals surface area contributed by atoms with Gasteiger partial charge in [0, 0.05) is 13.1 Å². The van der Waals surface area contributed by atoms with E-state index in [0.717, 1.165) is 12.3 Å². The molecule has 2 fully saturated rings. The van der Waals surface area contributed by atoms with Crippen molar-refractivity contribution >= 4 is 5.91 Å². The van der Waals surface area contributed by atoms with Gasteiger partial charge in [0.1, 0.15) is 19.0 Å². The zero-order valence-corrected chi connectivity index (χ0v) is 13.5. The van der Waals surface area contributed by atoms with Gasteiger partial charge in [-0.05, 0) is 19.3 Å². The Hall–Kier alpha value is -1.23. The van der Waals surface area contributed by atoms with E-state index in [1.165, 1.54) is 32.1 Å². The Balaban J connectivity index is 1.56. The Morgan fingerprint density at radius 3 is 2.68 bits per heavy atom. The van der Waals surface area contributed by atoms with Gasteiger partial charge < -0.3 is 19.1 Å². The average Bonchev–Trinajstić information content (AvgIpc) is 2.56. The minimum atomic E-state index is -0.0471. The summed E-state index contributed by atoms with van der Waals surface area (Å²) in [5.41, 5.74) is 0. The summed E-state index contributed by atoms with van der Waals surface area (Å²) >= 11 is 0. The van der Waals surface area contributed by atoms with Crippen LogP contribution in [0.2, 0.25) is 0 Å². The SMILES string of the molecule is CC1=C(C(=O)N2CCOC(CC3CCCCC3)C2)OCCO1. The molecule has 124 valence electrons. The number of rotatable bonds is 3. The van der Waals surface area contributed by atoms with Crippen LogP contribution < -0.4 is 0 Å². The summed E-state index contributed by atoms with van der Waals surface area (Å²) in [7, 11) is 0. The van der Waals surface area contributed by atoms with E-state index in [1.54, 1.807) is 6.92 Å². The molecule has 0 aromatic carbocycles. The van der Waals surface area contributed by atoms with Gasteiger partial charge in [0.15, 0.2) is 0 Å². The lowest BCUT2D eigenvalue weighted by Crippen LogP contribution is -2.47. The number of amides is 1. The molecular formula is C17H27NO4. The monoisotopic (exact) mass is 309 g/mol. The molecule has 0 N–H and O–H groups in total. The van der Waals surface area contributed by atoms with Gasteiger partial charge in [-0.2, -0.15) is 0 Å². The molecule has 1 amide bonds. The number of morpholine rings is 1. The van der Waals surface area contributed by atoms with E-state index in [4.69, 9.17) is 14.2 Å². The van der Waals surface area contributed by atoms with Crippen molar-refractivity contribution in [2.45, 2.75) is 51.6 Å². The van der Waals surface area contributed by atoms with Gasteiger partial charge in [-0.15, -0.1) is 0 Å². The van der Waals surface area contributed by atoms with Crippen LogP contribution in [0.15, 0.2) is 11.5 Å². The molecule has 0 radical (unpaired) electrons. The van der Waals surface area contributed by atoms with Gasteiger partial charge in [-0.1, -0.05) is 32.1 Å². The minimum Gasteiger partial charge on any atom is -0.491 e. The quantitative estimate of drug-likeness (QED) is 0.803. The van der Waals surface area contributed by atoms with Gasteiger partial charge in [-0.25, -0.2) is 0 Å². The zero-order valence-electron chi connectivity index (χ0n) is 13.5. The number of hydrogen-bond donors (Lipinski definition) is 0. The molecule has 3 rings (SSSR count). The van der Waals surface area contributed by atoms with E-state index in [-0.39, 0.29) is 12.0 Å². The molecule has 2 heterocycles. The minimum absolute atomic E-state index is 0.0471. The highest BCUT2D eigenvalue weighted by Gasteiger charge is 2.31. The van der Waals surface area contributed by atoms with E-state index in [0.29, 0.717) is 44.4 Å². The molecule has 0 spiro atoms. The third-order valence-electron chi connectivity index (χ3n) is 4.91. The van der Waals surface area contributed by atoms with Gasteiger partial charge in [0.25, 0.3) is 5.91 Å². The van der Waals surface area contributed by atoms with Crippen LogP contribution in [0.1, 0.15) is 45.4 Å². The van der Waals surface area contributed by atoms with Crippen molar-refractivity contribution in [1.82, 2.24) is 4.90 Å². The first-order chi connectivity index (χ1) is 10.7. The molecule has 2 aliphatic heterocycles. The molecule has 0 aromatic rings. The second kappa shape index (κ2) is 7.36. The highest BCUT2D eigenvalue weighted by Crippen LogP contribution is 2.29. The first-order valence-corrected chi connectivity index (χ1v) is 8.61. The molecule has 1 atom stereocenters. The molecule has 1 unspecified atom stereocenters. The molecule has 22 heavy (non-hydrogen) atoms. The maximum absolute atomic E-state index is 12.6. The third-order valence-corrected chi connectivity index (χ3v) is 4.91. The second-order valence-corrected chi connectivity index (χ2v) is 6.57. The fourth-order valence-corrected chi connectivity index (χ4v) is 3.70. The lowest BCUT2D eigenvalue weighted by Gasteiger charge is -2.36. The molecule has 3 aliphatic rings. The molecule has 5 nitrogen and oxygen atoms in total. The fraction of sp³-hybridized carbons (Fsp3) is 0.824. The van der Waals surface area contributed by atoms with E-state index in [9.17, 15) is 4.79 Å². The van der Waals surface area contributed by atoms with E-state index >= 15 is 0 Å². The third kappa shape index (κ3) is 3.75. The summed E-state index contributed by atoms with van der Waals surface area (Å²) < 4.78 is 16.8. The van der Waals surface area contributed by atoms with E-state index in [1.807, 2.05) is 4.90 Å². The molecule has 1 saturated carbocycles. The van der Waals surface area contributed by atoms with Crippen LogP contribution in [0.25, 0.3) is 0 Å². The van der Waals surface area contributed by atoms with Crippen molar-refractivity contribution in [3.63, 3.8) is 0 Å². The van der Waals surface area contributed by atoms with Crippen molar-refractivity contribution < 1.29 is 19.0 Å². The Bertz CT molecular complexity index is 428. The molecule has 0 aromatic heterocycles. The average molecular weight is 309 g/mol. The second-order valence-electron chi connectivity index (χ2n) is 6.57. The predicted molar refractivity (Wildman–Crippen MR) is 82.1 cm³/mol. The zero-order chi connectivity index (χ0) is 15.4. The summed E-state index contributed by atoms with van der Waals surface area (Å²) in [5.74, 6) is 1.70. The van der Waals surface area contributed by atoms with Crippen LogP contribution >= 0.6 is 0 Å². The maximum atomic E-state index is 12.6. The molecule has 1 saturated heterocycles. The molecule has 1 aliphatic carbocycles. The van der Waals surface area contributed by atoms with Gasteiger partial charge >= 0.3 is 0 Å². The van der Waals surface area contributed by atoms with Gasteiger partial charge in [0.05, 0.1) is 12.7 Å². The first kappa shape index (κ1) is 15.7. The van der Waals surface area contributed by atoms with Crippen molar-refractivity contribution in [2.75, 3.05) is 32.9 Å². The number of nitrogens with zero attached hydrogens (tertiary/aromatic N) is 1. The highest BCUT2D eigenvalue weighted by atomic mass is 16.6. The van der Waals surface area contributed by atoms with Crippen LogP contribution in [0.4, 0.5) is 0 Å². The first-order valence-electron chi connectivity index (χ1n) is 8.61. The summed E-state index contributed by atoms with van der Waals surface area (Å²) in [6.07, 6.45) is 7.95. The van der Waals surface area contributed by atoms with Crippen LogP contribution in [0, 0.1) is 5.92 Å². The Morgan fingerprint density at radius 1 is 1.14 bits per heavy atom. The van der Waals surface area contributed by atoms with Crippen LogP contribution in [0.5, 0.6) is 0 Å². The van der Waals surface area contributed by atoms with E-state index < -0.39 is 0 Å². The Kier molecular flexibility index (Phi) is 5.24. The van der Waals surface area contributed by atoms with Crippen molar-refractivity contribution in [1.29, 1.82) is 0 Å². The van der Waals surface area contributed by atoms with Crippen LogP contribution in [-0.2, 0) is 19.0 Å². The molecular weight excluding hydrogens is 282 g/mol. The van der Waals surface area contributed by atoms with Crippen LogP contribution in [-0.4, -0.2) is 49.8 Å². The smallest absolute Gasteiger partial charge is 0.292 e. The molecule has 0 bridgehead atoms. The summed E-state index contributed by atoms with van der Waals surface area (Å²) in [5, 5.41) is 0. The normalized spacial score (nSPS) is 27.3. The lowest BCUT2D eigenvalue weighted by molar-refractivity contribution is -0.140. The summed E-state index contributed by atoms with van der Waals surface area (Å²) in [6, 6.07) is 0. The highest BCUT2D eigenvalue weighted by molar-refractivity contribution is 5.92. The fourth-order valence-electron chi connectivity index (χ4n) is 3.70. The van der Waals surface area contributed by atoms with Gasteiger partial charge in [-0.3, -0.25) is 4.79 Å². The van der Waals surface area contributed by atoms with Crippen molar-refractivity contribution in [2.24, 2.45) is 5.92 Å². The lowest BCUT2D eigenvalue weighted by atomic mass is 9.85. The standard InChI is InChI=1S/C17H27NO4/c1-13-16(22-10-9-20-13)17(19)18-7-8-21-15(12-18)11-14-5-3-2-4-6-14/h14-15H,2-12H2,1H3. The summed E-state index contributed by atoms with van der Waals surface area (Å²) in [4.78, 5) is 14.5. The topological polar surface area (TPSA) is 48.0 Å². The maximum Gasteiger partial charge on any atom is 0.292 e. The van der Waals surface area contributed by atoms with Gasteiger partial charge in [0.2, 0.25) is 5.76 Å². The molecule has 5 heteroatoms. The van der Waals surface area contributed by atoms with Crippen molar-refractivity contribution in [3.8, 4) is 0 Å².